The number of piperidine rings is 1. The van der Waals surface area contributed by atoms with Crippen LogP contribution in [-0.4, -0.2) is 24.2 Å². The van der Waals surface area contributed by atoms with E-state index in [-0.39, 0.29) is 11.8 Å². The average Bonchev–Trinajstić information content (AvgIpc) is 2.73. The van der Waals surface area contributed by atoms with Crippen molar-refractivity contribution in [3.63, 3.8) is 0 Å². The van der Waals surface area contributed by atoms with Gasteiger partial charge in [-0.15, -0.1) is 0 Å². The molecule has 0 aliphatic carbocycles. The van der Waals surface area contributed by atoms with Gasteiger partial charge in [0.15, 0.2) is 0 Å². The molecule has 1 fully saturated rings. The lowest BCUT2D eigenvalue weighted by Crippen LogP contribution is -2.40. The summed E-state index contributed by atoms with van der Waals surface area (Å²) in [5, 5.41) is 9.93. The lowest BCUT2D eigenvalue weighted by atomic mass is 9.99. The zero-order valence-electron chi connectivity index (χ0n) is 9.45. The summed E-state index contributed by atoms with van der Waals surface area (Å²) in [6.07, 6.45) is 2.04. The lowest BCUT2D eigenvalue weighted by molar-refractivity contribution is -0.125. The normalized spacial score (nSPS) is 20.7. The van der Waals surface area contributed by atoms with Gasteiger partial charge in [0, 0.05) is 12.6 Å². The van der Waals surface area contributed by atoms with Crippen molar-refractivity contribution < 1.29 is 9.32 Å². The van der Waals surface area contributed by atoms with Crippen molar-refractivity contribution >= 4 is 5.91 Å². The number of aromatic nitrogens is 1. The minimum atomic E-state index is 0.0988. The molecule has 5 nitrogen and oxygen atoms in total. The smallest absolute Gasteiger partial charge is 0.224 e. The Hall–Kier alpha value is -1.36. The van der Waals surface area contributed by atoms with E-state index in [1.54, 1.807) is 0 Å². The maximum Gasteiger partial charge on any atom is 0.224 e. The number of aryl methyl sites for hydroxylation is 1. The molecule has 1 aliphatic heterocycles. The van der Waals surface area contributed by atoms with Gasteiger partial charge in [-0.05, 0) is 26.3 Å². The molecular weight excluding hydrogens is 206 g/mol. The zero-order chi connectivity index (χ0) is 11.4. The van der Waals surface area contributed by atoms with Crippen LogP contribution in [0, 0.1) is 12.8 Å². The van der Waals surface area contributed by atoms with Gasteiger partial charge >= 0.3 is 0 Å². The topological polar surface area (TPSA) is 67.2 Å². The van der Waals surface area contributed by atoms with E-state index in [1.807, 2.05) is 13.0 Å². The van der Waals surface area contributed by atoms with E-state index >= 15 is 0 Å². The van der Waals surface area contributed by atoms with E-state index < -0.39 is 0 Å². The first-order valence-corrected chi connectivity index (χ1v) is 5.66. The number of hydrogen-bond acceptors (Lipinski definition) is 4. The number of rotatable bonds is 3. The Balaban J connectivity index is 1.78. The van der Waals surface area contributed by atoms with Crippen molar-refractivity contribution in [2.75, 3.05) is 13.1 Å². The molecule has 1 aromatic heterocycles. The van der Waals surface area contributed by atoms with Crippen molar-refractivity contribution in [1.82, 2.24) is 15.8 Å². The Morgan fingerprint density at radius 1 is 1.75 bits per heavy atom. The third-order valence-corrected chi connectivity index (χ3v) is 2.79. The van der Waals surface area contributed by atoms with Crippen LogP contribution < -0.4 is 10.6 Å². The second-order valence-electron chi connectivity index (χ2n) is 4.19. The Kier molecular flexibility index (Phi) is 3.56. The second-order valence-corrected chi connectivity index (χ2v) is 4.19. The molecule has 1 saturated heterocycles. The third-order valence-electron chi connectivity index (χ3n) is 2.79. The predicted octanol–water partition coefficient (Wildman–Crippen LogP) is 0.599. The molecule has 2 N–H and O–H groups in total. The van der Waals surface area contributed by atoms with Gasteiger partial charge in [-0.1, -0.05) is 5.16 Å². The summed E-state index contributed by atoms with van der Waals surface area (Å²) in [5.41, 5.74) is 0.773. The first-order valence-electron chi connectivity index (χ1n) is 5.66. The van der Waals surface area contributed by atoms with Crippen LogP contribution >= 0.6 is 0 Å². The van der Waals surface area contributed by atoms with E-state index in [0.29, 0.717) is 6.54 Å². The number of carbonyl (C=O) groups excluding carboxylic acids is 1. The van der Waals surface area contributed by atoms with Crippen LogP contribution in [0.15, 0.2) is 10.6 Å². The van der Waals surface area contributed by atoms with Crippen molar-refractivity contribution in [3.8, 4) is 0 Å². The monoisotopic (exact) mass is 223 g/mol. The SMILES string of the molecule is Cc1cc(CNC(=O)C2CCCNC2)no1. The summed E-state index contributed by atoms with van der Waals surface area (Å²) in [5.74, 6) is 0.971. The van der Waals surface area contributed by atoms with Crippen LogP contribution in [0.1, 0.15) is 24.3 Å². The second kappa shape index (κ2) is 5.12. The van der Waals surface area contributed by atoms with Gasteiger partial charge in [-0.25, -0.2) is 0 Å². The maximum absolute atomic E-state index is 11.8. The van der Waals surface area contributed by atoms with Gasteiger partial charge in [0.05, 0.1) is 12.5 Å². The highest BCUT2D eigenvalue weighted by molar-refractivity contribution is 5.78. The van der Waals surface area contributed by atoms with Crippen molar-refractivity contribution in [3.05, 3.63) is 17.5 Å². The summed E-state index contributed by atoms with van der Waals surface area (Å²) < 4.78 is 4.93. The Labute approximate surface area is 94.6 Å². The van der Waals surface area contributed by atoms with E-state index in [2.05, 4.69) is 15.8 Å². The Bertz CT molecular complexity index is 356. The van der Waals surface area contributed by atoms with Crippen LogP contribution in [0.5, 0.6) is 0 Å². The minimum Gasteiger partial charge on any atom is -0.361 e. The standard InChI is InChI=1S/C11H17N3O2/c1-8-5-10(14-16-8)7-13-11(15)9-3-2-4-12-6-9/h5,9,12H,2-4,6-7H2,1H3,(H,13,15). The van der Waals surface area contributed by atoms with Crippen LogP contribution in [0.2, 0.25) is 0 Å². The van der Waals surface area contributed by atoms with Gasteiger partial charge in [-0.3, -0.25) is 4.79 Å². The molecule has 16 heavy (non-hydrogen) atoms. The predicted molar refractivity (Wildman–Crippen MR) is 58.7 cm³/mol. The van der Waals surface area contributed by atoms with E-state index in [1.165, 1.54) is 0 Å². The first kappa shape index (κ1) is 11.1. The lowest BCUT2D eigenvalue weighted by Gasteiger charge is -2.21. The summed E-state index contributed by atoms with van der Waals surface area (Å²) >= 11 is 0. The molecular formula is C11H17N3O2. The van der Waals surface area contributed by atoms with Gasteiger partial charge in [0.1, 0.15) is 11.5 Å². The van der Waals surface area contributed by atoms with Crippen molar-refractivity contribution in [2.24, 2.45) is 5.92 Å². The number of nitrogens with zero attached hydrogens (tertiary/aromatic N) is 1. The van der Waals surface area contributed by atoms with Crippen LogP contribution in [0.3, 0.4) is 0 Å². The summed E-state index contributed by atoms with van der Waals surface area (Å²) in [4.78, 5) is 11.8. The molecule has 0 saturated carbocycles. The number of carbonyl (C=O) groups is 1. The molecule has 1 aliphatic rings. The van der Waals surface area contributed by atoms with Crippen LogP contribution in [0.4, 0.5) is 0 Å². The van der Waals surface area contributed by atoms with E-state index in [4.69, 9.17) is 4.52 Å². The van der Waals surface area contributed by atoms with E-state index in [0.717, 1.165) is 37.4 Å². The maximum atomic E-state index is 11.8. The van der Waals surface area contributed by atoms with Gasteiger partial charge < -0.3 is 15.2 Å². The van der Waals surface area contributed by atoms with Gasteiger partial charge in [0.25, 0.3) is 0 Å². The van der Waals surface area contributed by atoms with Gasteiger partial charge in [-0.2, -0.15) is 0 Å². The molecule has 0 radical (unpaired) electrons. The summed E-state index contributed by atoms with van der Waals surface area (Å²) in [6, 6.07) is 1.83. The number of amides is 1. The molecule has 0 bridgehead atoms. The van der Waals surface area contributed by atoms with Gasteiger partial charge in [0.2, 0.25) is 5.91 Å². The largest absolute Gasteiger partial charge is 0.361 e. The fourth-order valence-electron chi connectivity index (χ4n) is 1.90. The molecule has 1 amide bonds. The molecule has 5 heteroatoms. The highest BCUT2D eigenvalue weighted by Gasteiger charge is 2.20. The quantitative estimate of drug-likeness (QED) is 0.787. The minimum absolute atomic E-state index is 0.0988. The zero-order valence-corrected chi connectivity index (χ0v) is 9.45. The molecule has 2 heterocycles. The fourth-order valence-corrected chi connectivity index (χ4v) is 1.90. The van der Waals surface area contributed by atoms with Crippen molar-refractivity contribution in [2.45, 2.75) is 26.3 Å². The first-order chi connectivity index (χ1) is 7.75. The third kappa shape index (κ3) is 2.82. The summed E-state index contributed by atoms with van der Waals surface area (Å²) in [6.45, 7) is 4.09. The average molecular weight is 223 g/mol. The van der Waals surface area contributed by atoms with E-state index in [9.17, 15) is 4.79 Å². The number of nitrogens with one attached hydrogen (secondary N) is 2. The molecule has 1 unspecified atom stereocenters. The molecule has 2 rings (SSSR count). The number of hydrogen-bond donors (Lipinski definition) is 2. The highest BCUT2D eigenvalue weighted by atomic mass is 16.5. The molecule has 0 spiro atoms. The molecule has 0 aromatic carbocycles. The molecule has 1 aromatic rings. The Morgan fingerprint density at radius 3 is 3.25 bits per heavy atom. The summed E-state index contributed by atoms with van der Waals surface area (Å²) in [7, 11) is 0. The highest BCUT2D eigenvalue weighted by Crippen LogP contribution is 2.10. The molecule has 88 valence electrons. The van der Waals surface area contributed by atoms with Crippen molar-refractivity contribution in [1.29, 1.82) is 0 Å². The Morgan fingerprint density at radius 2 is 2.62 bits per heavy atom. The van der Waals surface area contributed by atoms with Crippen LogP contribution in [-0.2, 0) is 11.3 Å². The molecule has 1 atom stereocenters. The van der Waals surface area contributed by atoms with Crippen LogP contribution in [0.25, 0.3) is 0 Å². The fraction of sp³-hybridized carbons (Fsp3) is 0.636.